The molecule has 2 aliphatic rings. The molecule has 0 spiro atoms. The highest BCUT2D eigenvalue weighted by molar-refractivity contribution is 14.0. The second-order valence-electron chi connectivity index (χ2n) is 7.01. The van der Waals surface area contributed by atoms with Gasteiger partial charge in [0.15, 0.2) is 5.96 Å². The number of alkyl carbamates (subject to hydrolysis) is 1. The van der Waals surface area contributed by atoms with Crippen molar-refractivity contribution in [3.8, 4) is 0 Å². The summed E-state index contributed by atoms with van der Waals surface area (Å²) in [5, 5.41) is 6.46. The SMILES string of the molecule is CCOC(=O)NC(CN=C(Nc1ccccc1)N1CCCCC1)C1CC1.I. The minimum Gasteiger partial charge on any atom is -0.450 e. The van der Waals surface area contributed by atoms with Gasteiger partial charge in [0.05, 0.1) is 19.2 Å². The van der Waals surface area contributed by atoms with Crippen LogP contribution in [0, 0.1) is 5.92 Å². The van der Waals surface area contributed by atoms with Gasteiger partial charge >= 0.3 is 6.09 Å². The van der Waals surface area contributed by atoms with E-state index in [9.17, 15) is 4.79 Å². The number of ether oxygens (including phenoxy) is 1. The van der Waals surface area contributed by atoms with Gasteiger partial charge in [-0.15, -0.1) is 24.0 Å². The number of aliphatic imine (C=N–C) groups is 1. The van der Waals surface area contributed by atoms with Crippen molar-refractivity contribution >= 4 is 41.7 Å². The van der Waals surface area contributed by atoms with Gasteiger partial charge in [-0.2, -0.15) is 0 Å². The smallest absolute Gasteiger partial charge is 0.407 e. The lowest BCUT2D eigenvalue weighted by molar-refractivity contribution is 0.147. The summed E-state index contributed by atoms with van der Waals surface area (Å²) in [5.41, 5.74) is 1.04. The molecule has 1 heterocycles. The van der Waals surface area contributed by atoms with Gasteiger partial charge in [-0.1, -0.05) is 18.2 Å². The molecule has 150 valence electrons. The summed E-state index contributed by atoms with van der Waals surface area (Å²) in [6.45, 7) is 4.84. The number of hydrogen-bond donors (Lipinski definition) is 2. The Balaban J connectivity index is 0.00000261. The quantitative estimate of drug-likeness (QED) is 0.361. The first-order chi connectivity index (χ1) is 12.8. The zero-order chi connectivity index (χ0) is 18.2. The second-order valence-corrected chi connectivity index (χ2v) is 7.01. The molecule has 1 unspecified atom stereocenters. The Bertz CT molecular complexity index is 601. The molecule has 1 saturated heterocycles. The minimum atomic E-state index is -0.338. The molecule has 1 atom stereocenters. The van der Waals surface area contributed by atoms with Crippen molar-refractivity contribution in [1.82, 2.24) is 10.2 Å². The molecule has 1 amide bonds. The molecule has 0 radical (unpaired) electrons. The van der Waals surface area contributed by atoms with Crippen molar-refractivity contribution in [3.63, 3.8) is 0 Å². The number of amides is 1. The number of hydrogen-bond acceptors (Lipinski definition) is 3. The Morgan fingerprint density at radius 3 is 2.56 bits per heavy atom. The molecule has 0 bridgehead atoms. The van der Waals surface area contributed by atoms with Crippen molar-refractivity contribution in [3.05, 3.63) is 30.3 Å². The summed E-state index contributed by atoms with van der Waals surface area (Å²) >= 11 is 0. The van der Waals surface area contributed by atoms with E-state index >= 15 is 0 Å². The molecule has 2 N–H and O–H groups in total. The number of nitrogens with zero attached hydrogens (tertiary/aromatic N) is 2. The van der Waals surface area contributed by atoms with Gasteiger partial charge in [0.2, 0.25) is 0 Å². The number of likely N-dealkylation sites (tertiary alicyclic amines) is 1. The lowest BCUT2D eigenvalue weighted by atomic mass is 10.1. The van der Waals surface area contributed by atoms with Crippen LogP contribution in [0.3, 0.4) is 0 Å². The number of benzene rings is 1. The predicted molar refractivity (Wildman–Crippen MR) is 120 cm³/mol. The van der Waals surface area contributed by atoms with E-state index in [0.29, 0.717) is 19.1 Å². The molecule has 1 aromatic rings. The number of nitrogens with one attached hydrogen (secondary N) is 2. The summed E-state index contributed by atoms with van der Waals surface area (Å²) < 4.78 is 5.04. The summed E-state index contributed by atoms with van der Waals surface area (Å²) in [7, 11) is 0. The molecule has 7 heteroatoms. The molecule has 3 rings (SSSR count). The predicted octanol–water partition coefficient (Wildman–Crippen LogP) is 4.08. The Kier molecular flexibility index (Phi) is 9.17. The summed E-state index contributed by atoms with van der Waals surface area (Å²) in [5.74, 6) is 1.43. The molecule has 1 aromatic carbocycles. The lowest BCUT2D eigenvalue weighted by Crippen LogP contribution is -2.43. The average Bonchev–Trinajstić information content (AvgIpc) is 3.51. The first-order valence-corrected chi connectivity index (χ1v) is 9.81. The molecule has 27 heavy (non-hydrogen) atoms. The second kappa shape index (κ2) is 11.4. The van der Waals surface area contributed by atoms with Crippen LogP contribution in [0.25, 0.3) is 0 Å². The largest absolute Gasteiger partial charge is 0.450 e. The van der Waals surface area contributed by atoms with Gasteiger partial charge in [0.1, 0.15) is 0 Å². The fraction of sp³-hybridized carbons (Fsp3) is 0.600. The number of para-hydroxylation sites is 1. The number of halogens is 1. The van der Waals surface area contributed by atoms with E-state index in [1.807, 2.05) is 25.1 Å². The Hall–Kier alpha value is -1.51. The number of piperidine rings is 1. The van der Waals surface area contributed by atoms with E-state index in [-0.39, 0.29) is 36.1 Å². The van der Waals surface area contributed by atoms with Crippen LogP contribution in [0.4, 0.5) is 10.5 Å². The molecule has 0 aromatic heterocycles. The van der Waals surface area contributed by atoms with Gasteiger partial charge in [0, 0.05) is 18.8 Å². The van der Waals surface area contributed by atoms with Crippen molar-refractivity contribution in [2.24, 2.45) is 10.9 Å². The summed E-state index contributed by atoms with van der Waals surface area (Å²) in [6.07, 6.45) is 5.64. The van der Waals surface area contributed by atoms with Crippen molar-refractivity contribution in [2.45, 2.75) is 45.1 Å². The van der Waals surface area contributed by atoms with E-state index in [1.54, 1.807) is 0 Å². The molecule has 6 nitrogen and oxygen atoms in total. The number of anilines is 1. The van der Waals surface area contributed by atoms with Gasteiger partial charge in [-0.3, -0.25) is 4.99 Å². The highest BCUT2D eigenvalue weighted by Crippen LogP contribution is 2.33. The van der Waals surface area contributed by atoms with Crippen LogP contribution in [0.1, 0.15) is 39.0 Å². The highest BCUT2D eigenvalue weighted by Gasteiger charge is 2.32. The van der Waals surface area contributed by atoms with Crippen molar-refractivity contribution in [2.75, 3.05) is 31.6 Å². The van der Waals surface area contributed by atoms with Crippen LogP contribution < -0.4 is 10.6 Å². The number of guanidine groups is 1. The van der Waals surface area contributed by atoms with Gasteiger partial charge < -0.3 is 20.3 Å². The third-order valence-electron chi connectivity index (χ3n) is 4.89. The third-order valence-corrected chi connectivity index (χ3v) is 4.89. The zero-order valence-electron chi connectivity index (χ0n) is 16.0. The topological polar surface area (TPSA) is 66.0 Å². The number of carbonyl (C=O) groups is 1. The van der Waals surface area contributed by atoms with Crippen LogP contribution in [0.2, 0.25) is 0 Å². The van der Waals surface area contributed by atoms with Crippen LogP contribution in [0.5, 0.6) is 0 Å². The fourth-order valence-electron chi connectivity index (χ4n) is 3.29. The maximum atomic E-state index is 11.8. The van der Waals surface area contributed by atoms with Gasteiger partial charge in [-0.05, 0) is 57.1 Å². The Labute approximate surface area is 179 Å². The van der Waals surface area contributed by atoms with Crippen molar-refractivity contribution in [1.29, 1.82) is 0 Å². The Morgan fingerprint density at radius 1 is 1.22 bits per heavy atom. The molecule has 2 fully saturated rings. The zero-order valence-corrected chi connectivity index (χ0v) is 18.4. The molecular formula is C20H31IN4O2. The van der Waals surface area contributed by atoms with Crippen LogP contribution in [-0.4, -0.2) is 49.2 Å². The summed E-state index contributed by atoms with van der Waals surface area (Å²) in [4.78, 5) is 19.0. The normalized spacial score (nSPS) is 18.3. The van der Waals surface area contributed by atoms with Crippen molar-refractivity contribution < 1.29 is 9.53 Å². The molecular weight excluding hydrogens is 455 g/mol. The maximum absolute atomic E-state index is 11.8. The first-order valence-electron chi connectivity index (χ1n) is 9.81. The average molecular weight is 486 g/mol. The van der Waals surface area contributed by atoms with Gasteiger partial charge in [0.25, 0.3) is 0 Å². The lowest BCUT2D eigenvalue weighted by Gasteiger charge is -2.30. The van der Waals surface area contributed by atoms with E-state index in [0.717, 1.165) is 37.6 Å². The van der Waals surface area contributed by atoms with Gasteiger partial charge in [-0.25, -0.2) is 4.79 Å². The standard InChI is InChI=1S/C20H30N4O2.HI/c1-2-26-20(25)23-18(16-11-12-16)15-21-19(24-13-7-4-8-14-24)22-17-9-5-3-6-10-17;/h3,5-6,9-10,16,18H,2,4,7-8,11-15H2,1H3,(H,21,22)(H,23,25);1H. The Morgan fingerprint density at radius 2 is 1.93 bits per heavy atom. The van der Waals surface area contributed by atoms with E-state index in [2.05, 4.69) is 27.7 Å². The van der Waals surface area contributed by atoms with Crippen LogP contribution in [0.15, 0.2) is 35.3 Å². The molecule has 1 aliphatic heterocycles. The fourth-order valence-corrected chi connectivity index (χ4v) is 3.29. The van der Waals surface area contributed by atoms with Crippen LogP contribution >= 0.6 is 24.0 Å². The van der Waals surface area contributed by atoms with E-state index in [4.69, 9.17) is 9.73 Å². The first kappa shape index (κ1) is 21.8. The number of rotatable bonds is 6. The summed E-state index contributed by atoms with van der Waals surface area (Å²) in [6, 6.07) is 10.2. The molecule has 1 saturated carbocycles. The molecule has 1 aliphatic carbocycles. The van der Waals surface area contributed by atoms with E-state index < -0.39 is 0 Å². The number of carbonyl (C=O) groups excluding carboxylic acids is 1. The van der Waals surface area contributed by atoms with E-state index in [1.165, 1.54) is 19.3 Å². The maximum Gasteiger partial charge on any atom is 0.407 e. The third kappa shape index (κ3) is 7.20. The highest BCUT2D eigenvalue weighted by atomic mass is 127. The monoisotopic (exact) mass is 486 g/mol. The van der Waals surface area contributed by atoms with Crippen LogP contribution in [-0.2, 0) is 4.74 Å². The minimum absolute atomic E-state index is 0.